The molecule has 0 aliphatic heterocycles. The van der Waals surface area contributed by atoms with Crippen molar-refractivity contribution in [3.05, 3.63) is 53.7 Å². The van der Waals surface area contributed by atoms with Crippen LogP contribution in [0, 0.1) is 6.92 Å². The predicted molar refractivity (Wildman–Crippen MR) is 97.7 cm³/mol. The first-order valence-electron chi connectivity index (χ1n) is 7.83. The van der Waals surface area contributed by atoms with E-state index in [1.54, 1.807) is 24.4 Å². The molecule has 0 unspecified atom stereocenters. The summed E-state index contributed by atoms with van der Waals surface area (Å²) in [5, 5.41) is 7.25. The number of rotatable bonds is 4. The van der Waals surface area contributed by atoms with E-state index < -0.39 is 0 Å². The summed E-state index contributed by atoms with van der Waals surface area (Å²) >= 11 is 6.33. The maximum Gasteiger partial charge on any atom is 0.246 e. The quantitative estimate of drug-likeness (QED) is 0.577. The Hall–Kier alpha value is -3.26. The van der Waals surface area contributed by atoms with Crippen molar-refractivity contribution in [2.45, 2.75) is 13.5 Å². The monoisotopic (exact) mass is 367 g/mol. The lowest BCUT2D eigenvalue weighted by Crippen LogP contribution is -2.19. The summed E-state index contributed by atoms with van der Waals surface area (Å²) < 4.78 is 1.44. The first-order valence-corrected chi connectivity index (χ1v) is 8.21. The third-order valence-corrected chi connectivity index (χ3v) is 4.08. The number of aromatic nitrogens is 6. The number of carbonyl (C=O) groups is 1. The molecule has 1 amide bonds. The van der Waals surface area contributed by atoms with Gasteiger partial charge in [-0.25, -0.2) is 19.6 Å². The third kappa shape index (κ3) is 3.27. The number of nitrogens with zero attached hydrogens (tertiary/aromatic N) is 5. The number of fused-ring (bicyclic) bond motifs is 1. The van der Waals surface area contributed by atoms with Gasteiger partial charge < -0.3 is 10.3 Å². The number of carbonyl (C=O) groups excluding carboxylic acids is 1. The van der Waals surface area contributed by atoms with E-state index in [-0.39, 0.29) is 12.5 Å². The van der Waals surface area contributed by atoms with Crippen molar-refractivity contribution in [3.63, 3.8) is 0 Å². The SMILES string of the molecule is Cc1cnc2nc(-c3cc(NC(=O)Cn4cncn4)ccc3Cl)[nH]c2c1. The van der Waals surface area contributed by atoms with Crippen LogP contribution in [0.2, 0.25) is 5.02 Å². The Bertz CT molecular complexity index is 1090. The Balaban J connectivity index is 1.62. The maximum absolute atomic E-state index is 12.1. The highest BCUT2D eigenvalue weighted by molar-refractivity contribution is 6.33. The highest BCUT2D eigenvalue weighted by Crippen LogP contribution is 2.30. The van der Waals surface area contributed by atoms with Crippen molar-refractivity contribution < 1.29 is 4.79 Å². The maximum atomic E-state index is 12.1. The smallest absolute Gasteiger partial charge is 0.246 e. The van der Waals surface area contributed by atoms with Gasteiger partial charge in [-0.1, -0.05) is 11.6 Å². The van der Waals surface area contributed by atoms with Crippen molar-refractivity contribution in [2.24, 2.45) is 0 Å². The van der Waals surface area contributed by atoms with Crippen LogP contribution in [-0.4, -0.2) is 35.6 Å². The molecule has 26 heavy (non-hydrogen) atoms. The molecule has 0 spiro atoms. The van der Waals surface area contributed by atoms with Crippen LogP contribution in [0.25, 0.3) is 22.6 Å². The first kappa shape index (κ1) is 16.2. The number of aromatic amines is 1. The van der Waals surface area contributed by atoms with Gasteiger partial charge in [-0.2, -0.15) is 5.10 Å². The Kier molecular flexibility index (Phi) is 4.10. The number of hydrogen-bond donors (Lipinski definition) is 2. The van der Waals surface area contributed by atoms with E-state index in [9.17, 15) is 4.79 Å². The van der Waals surface area contributed by atoms with Crippen LogP contribution in [0.4, 0.5) is 5.69 Å². The molecule has 4 aromatic rings. The summed E-state index contributed by atoms with van der Waals surface area (Å²) in [5.41, 5.74) is 3.77. The van der Waals surface area contributed by atoms with Crippen LogP contribution in [0.15, 0.2) is 43.1 Å². The molecule has 1 aromatic carbocycles. The number of amides is 1. The highest BCUT2D eigenvalue weighted by Gasteiger charge is 2.12. The molecule has 130 valence electrons. The van der Waals surface area contributed by atoms with Gasteiger partial charge in [0.05, 0.1) is 10.5 Å². The van der Waals surface area contributed by atoms with Gasteiger partial charge in [0.1, 0.15) is 25.0 Å². The van der Waals surface area contributed by atoms with Crippen LogP contribution in [-0.2, 0) is 11.3 Å². The van der Waals surface area contributed by atoms with Gasteiger partial charge in [-0.15, -0.1) is 0 Å². The lowest BCUT2D eigenvalue weighted by molar-refractivity contribution is -0.116. The molecular formula is C17H14ClN7O. The van der Waals surface area contributed by atoms with Gasteiger partial charge in [-0.3, -0.25) is 4.79 Å². The highest BCUT2D eigenvalue weighted by atomic mass is 35.5. The predicted octanol–water partition coefficient (Wildman–Crippen LogP) is 2.82. The van der Waals surface area contributed by atoms with E-state index in [0.717, 1.165) is 11.1 Å². The molecule has 3 heterocycles. The van der Waals surface area contributed by atoms with Crippen LogP contribution < -0.4 is 5.32 Å². The zero-order valence-electron chi connectivity index (χ0n) is 13.8. The molecule has 0 fully saturated rings. The van der Waals surface area contributed by atoms with E-state index in [2.05, 4.69) is 30.4 Å². The van der Waals surface area contributed by atoms with Gasteiger partial charge >= 0.3 is 0 Å². The number of nitrogens with one attached hydrogen (secondary N) is 2. The zero-order valence-corrected chi connectivity index (χ0v) is 14.5. The van der Waals surface area contributed by atoms with Crippen molar-refractivity contribution in [2.75, 3.05) is 5.32 Å². The van der Waals surface area contributed by atoms with Gasteiger partial charge in [0, 0.05) is 17.4 Å². The van der Waals surface area contributed by atoms with E-state index in [1.165, 1.54) is 17.3 Å². The number of anilines is 1. The molecule has 0 aliphatic carbocycles. The molecule has 9 heteroatoms. The molecule has 0 saturated carbocycles. The number of pyridine rings is 1. The zero-order chi connectivity index (χ0) is 18.1. The van der Waals surface area contributed by atoms with Crippen LogP contribution >= 0.6 is 11.6 Å². The summed E-state index contributed by atoms with van der Waals surface area (Å²) in [7, 11) is 0. The summed E-state index contributed by atoms with van der Waals surface area (Å²) in [5.74, 6) is 0.376. The molecule has 0 radical (unpaired) electrons. The second kappa shape index (κ2) is 6.57. The number of imidazole rings is 1. The van der Waals surface area contributed by atoms with Crippen molar-refractivity contribution in [3.8, 4) is 11.4 Å². The van der Waals surface area contributed by atoms with Crippen molar-refractivity contribution in [1.82, 2.24) is 29.7 Å². The normalized spacial score (nSPS) is 11.0. The summed E-state index contributed by atoms with van der Waals surface area (Å²) in [6, 6.07) is 7.19. The van der Waals surface area contributed by atoms with Gasteiger partial charge in [0.15, 0.2) is 5.65 Å². The van der Waals surface area contributed by atoms with E-state index >= 15 is 0 Å². The fourth-order valence-corrected chi connectivity index (χ4v) is 2.79. The number of benzene rings is 1. The van der Waals surface area contributed by atoms with E-state index in [4.69, 9.17) is 11.6 Å². The van der Waals surface area contributed by atoms with Gasteiger partial charge in [0.2, 0.25) is 5.91 Å². The van der Waals surface area contributed by atoms with Crippen molar-refractivity contribution >= 4 is 34.4 Å². The Labute approximate surface area is 153 Å². The third-order valence-electron chi connectivity index (χ3n) is 3.75. The molecule has 8 nitrogen and oxygen atoms in total. The minimum Gasteiger partial charge on any atom is -0.337 e. The number of halogens is 1. The minimum absolute atomic E-state index is 0.0752. The molecule has 2 N–H and O–H groups in total. The summed E-state index contributed by atoms with van der Waals surface area (Å²) in [6.45, 7) is 2.04. The number of aryl methyl sites for hydroxylation is 1. The molecule has 0 atom stereocenters. The van der Waals surface area contributed by atoms with Gasteiger partial charge in [0.25, 0.3) is 0 Å². The molecule has 0 bridgehead atoms. The first-order chi connectivity index (χ1) is 12.6. The van der Waals surface area contributed by atoms with E-state index in [1.807, 2.05) is 13.0 Å². The minimum atomic E-state index is -0.217. The largest absolute Gasteiger partial charge is 0.337 e. The van der Waals surface area contributed by atoms with Crippen LogP contribution in [0.3, 0.4) is 0 Å². The Morgan fingerprint density at radius 2 is 2.23 bits per heavy atom. The average Bonchev–Trinajstić information content (AvgIpc) is 3.25. The topological polar surface area (TPSA) is 101 Å². The molecule has 3 aromatic heterocycles. The van der Waals surface area contributed by atoms with E-state index in [0.29, 0.717) is 27.7 Å². The lowest BCUT2D eigenvalue weighted by atomic mass is 10.2. The van der Waals surface area contributed by atoms with Gasteiger partial charge in [-0.05, 0) is 36.8 Å². The second-order valence-corrected chi connectivity index (χ2v) is 6.21. The summed E-state index contributed by atoms with van der Waals surface area (Å²) in [4.78, 5) is 27.9. The molecule has 0 aliphatic rings. The standard InChI is InChI=1S/C17H14ClN7O/c1-10-4-14-17(20-6-10)24-16(23-14)12-5-11(2-3-13(12)18)22-15(26)7-25-9-19-8-21-25/h2-6,8-9H,7H2,1H3,(H,22,26)(H,20,23,24). The summed E-state index contributed by atoms with van der Waals surface area (Å²) in [6.07, 6.45) is 4.62. The number of hydrogen-bond acceptors (Lipinski definition) is 5. The van der Waals surface area contributed by atoms with Crippen LogP contribution in [0.5, 0.6) is 0 Å². The molecular weight excluding hydrogens is 354 g/mol. The molecule has 4 rings (SSSR count). The van der Waals surface area contributed by atoms with Crippen molar-refractivity contribution in [1.29, 1.82) is 0 Å². The average molecular weight is 368 g/mol. The number of H-pyrrole nitrogens is 1. The Morgan fingerprint density at radius 3 is 3.04 bits per heavy atom. The lowest BCUT2D eigenvalue weighted by Gasteiger charge is -2.08. The Morgan fingerprint density at radius 1 is 1.35 bits per heavy atom. The molecule has 0 saturated heterocycles. The fraction of sp³-hybridized carbons (Fsp3) is 0.118. The van der Waals surface area contributed by atoms with Crippen LogP contribution in [0.1, 0.15) is 5.56 Å². The second-order valence-electron chi connectivity index (χ2n) is 5.81. The fourth-order valence-electron chi connectivity index (χ4n) is 2.58.